The van der Waals surface area contributed by atoms with Crippen LogP contribution in [0.15, 0.2) is 24.3 Å². The Labute approximate surface area is 130 Å². The quantitative estimate of drug-likeness (QED) is 0.885. The number of benzene rings is 1. The number of amides is 2. The average Bonchev–Trinajstić information content (AvgIpc) is 2.59. The number of fused-ring (bicyclic) bond motifs is 1. The van der Waals surface area contributed by atoms with Crippen LogP contribution >= 0.6 is 0 Å². The van der Waals surface area contributed by atoms with Crippen LogP contribution in [-0.4, -0.2) is 45.0 Å². The van der Waals surface area contributed by atoms with E-state index in [0.29, 0.717) is 25.6 Å². The Kier molecular flexibility index (Phi) is 5.00. The fourth-order valence-electron chi connectivity index (χ4n) is 2.62. The van der Waals surface area contributed by atoms with Gasteiger partial charge in [-0.15, -0.1) is 0 Å². The van der Waals surface area contributed by atoms with Crippen molar-refractivity contribution < 1.29 is 19.0 Å². The highest BCUT2D eigenvalue weighted by Gasteiger charge is 2.21. The Hall–Kier alpha value is -1.95. The number of rotatable bonds is 4. The summed E-state index contributed by atoms with van der Waals surface area (Å²) in [5, 5.41) is 5.75. The Morgan fingerprint density at radius 1 is 1.09 bits per heavy atom. The molecule has 2 N–H and O–H groups in total. The molecule has 22 heavy (non-hydrogen) atoms. The monoisotopic (exact) mass is 306 g/mol. The number of carbonyl (C=O) groups excluding carboxylic acids is 1. The molecule has 2 aliphatic rings. The number of para-hydroxylation sites is 2. The Balaban J connectivity index is 1.37. The molecule has 1 aromatic rings. The number of ether oxygens (including phenoxy) is 3. The number of nitrogens with one attached hydrogen (secondary N) is 2. The molecular weight excluding hydrogens is 284 g/mol. The molecule has 1 saturated heterocycles. The van der Waals surface area contributed by atoms with Gasteiger partial charge in [-0.05, 0) is 30.9 Å². The third kappa shape index (κ3) is 4.04. The van der Waals surface area contributed by atoms with Gasteiger partial charge in [0.05, 0.1) is 6.54 Å². The molecular formula is C16H22N2O4. The van der Waals surface area contributed by atoms with E-state index >= 15 is 0 Å². The molecule has 0 saturated carbocycles. The number of hydrogen-bond donors (Lipinski definition) is 2. The standard InChI is InChI=1S/C16H22N2O4/c19-16(17-9-12-5-7-20-8-6-12)18-10-13-11-21-14-3-1-2-4-15(14)22-13/h1-4,12-13H,5-11H2,(H2,17,18,19). The molecule has 0 aliphatic carbocycles. The van der Waals surface area contributed by atoms with Crippen LogP contribution in [0.4, 0.5) is 4.79 Å². The highest BCUT2D eigenvalue weighted by atomic mass is 16.6. The first-order valence-electron chi connectivity index (χ1n) is 7.79. The van der Waals surface area contributed by atoms with Crippen molar-refractivity contribution >= 4 is 6.03 Å². The summed E-state index contributed by atoms with van der Waals surface area (Å²) >= 11 is 0. The summed E-state index contributed by atoms with van der Waals surface area (Å²) < 4.78 is 16.7. The van der Waals surface area contributed by atoms with Crippen molar-refractivity contribution in [2.45, 2.75) is 18.9 Å². The van der Waals surface area contributed by atoms with E-state index in [-0.39, 0.29) is 12.1 Å². The Morgan fingerprint density at radius 3 is 2.64 bits per heavy atom. The summed E-state index contributed by atoms with van der Waals surface area (Å²) in [5.41, 5.74) is 0. The molecule has 1 atom stereocenters. The zero-order valence-electron chi connectivity index (χ0n) is 12.5. The fourth-order valence-corrected chi connectivity index (χ4v) is 2.62. The minimum Gasteiger partial charge on any atom is -0.486 e. The zero-order chi connectivity index (χ0) is 15.2. The molecule has 0 aromatic heterocycles. The predicted molar refractivity (Wildman–Crippen MR) is 81.3 cm³/mol. The summed E-state index contributed by atoms with van der Waals surface area (Å²) in [4.78, 5) is 11.8. The van der Waals surface area contributed by atoms with Gasteiger partial charge in [-0.1, -0.05) is 12.1 Å². The highest BCUT2D eigenvalue weighted by Crippen LogP contribution is 2.30. The molecule has 0 bridgehead atoms. The van der Waals surface area contributed by atoms with Crippen LogP contribution in [0.2, 0.25) is 0 Å². The van der Waals surface area contributed by atoms with E-state index in [9.17, 15) is 4.79 Å². The van der Waals surface area contributed by atoms with Gasteiger partial charge in [-0.25, -0.2) is 4.79 Å². The number of urea groups is 1. The smallest absolute Gasteiger partial charge is 0.314 e. The van der Waals surface area contributed by atoms with Gasteiger partial charge in [-0.3, -0.25) is 0 Å². The lowest BCUT2D eigenvalue weighted by atomic mass is 10.0. The molecule has 0 spiro atoms. The predicted octanol–water partition coefficient (Wildman–Crippen LogP) is 1.55. The van der Waals surface area contributed by atoms with Crippen LogP contribution in [0.25, 0.3) is 0 Å². The van der Waals surface area contributed by atoms with E-state index in [1.807, 2.05) is 24.3 Å². The number of carbonyl (C=O) groups is 1. The maximum Gasteiger partial charge on any atom is 0.314 e. The SMILES string of the molecule is O=C(NCC1CCOCC1)NCC1COc2ccccc2O1. The summed E-state index contributed by atoms with van der Waals surface area (Å²) in [6.07, 6.45) is 1.86. The fraction of sp³-hybridized carbons (Fsp3) is 0.562. The van der Waals surface area contributed by atoms with E-state index in [1.54, 1.807) is 0 Å². The first-order valence-corrected chi connectivity index (χ1v) is 7.79. The summed E-state index contributed by atoms with van der Waals surface area (Å²) in [6.45, 7) is 3.15. The maximum atomic E-state index is 11.8. The van der Waals surface area contributed by atoms with Crippen molar-refractivity contribution in [3.63, 3.8) is 0 Å². The molecule has 1 unspecified atom stereocenters. The van der Waals surface area contributed by atoms with Crippen LogP contribution in [0.5, 0.6) is 11.5 Å². The Morgan fingerprint density at radius 2 is 1.82 bits per heavy atom. The van der Waals surface area contributed by atoms with Gasteiger partial charge in [0, 0.05) is 19.8 Å². The number of hydrogen-bond acceptors (Lipinski definition) is 4. The first kappa shape index (κ1) is 15.0. The van der Waals surface area contributed by atoms with Gasteiger partial charge in [-0.2, -0.15) is 0 Å². The van der Waals surface area contributed by atoms with Crippen LogP contribution in [0.1, 0.15) is 12.8 Å². The molecule has 2 aliphatic heterocycles. The minimum absolute atomic E-state index is 0.158. The lowest BCUT2D eigenvalue weighted by molar-refractivity contribution is 0.0667. The molecule has 6 heteroatoms. The molecule has 2 heterocycles. The third-order valence-electron chi connectivity index (χ3n) is 3.95. The minimum atomic E-state index is -0.163. The Bertz CT molecular complexity index is 503. The van der Waals surface area contributed by atoms with E-state index in [2.05, 4.69) is 10.6 Å². The summed E-state index contributed by atoms with van der Waals surface area (Å²) in [5.74, 6) is 1.99. The van der Waals surface area contributed by atoms with E-state index in [4.69, 9.17) is 14.2 Å². The van der Waals surface area contributed by atoms with Gasteiger partial charge in [0.25, 0.3) is 0 Å². The van der Waals surface area contributed by atoms with Crippen molar-refractivity contribution in [3.05, 3.63) is 24.3 Å². The van der Waals surface area contributed by atoms with E-state index < -0.39 is 0 Å². The van der Waals surface area contributed by atoms with Crippen molar-refractivity contribution in [2.75, 3.05) is 32.9 Å². The maximum absolute atomic E-state index is 11.8. The van der Waals surface area contributed by atoms with Crippen LogP contribution in [0, 0.1) is 5.92 Å². The summed E-state index contributed by atoms with van der Waals surface area (Å²) in [6, 6.07) is 7.39. The van der Waals surface area contributed by atoms with Gasteiger partial charge in [0.2, 0.25) is 0 Å². The molecule has 120 valence electrons. The van der Waals surface area contributed by atoms with Gasteiger partial charge < -0.3 is 24.8 Å². The molecule has 0 radical (unpaired) electrons. The molecule has 3 rings (SSSR count). The second kappa shape index (κ2) is 7.35. The van der Waals surface area contributed by atoms with Crippen LogP contribution < -0.4 is 20.1 Å². The van der Waals surface area contributed by atoms with Crippen molar-refractivity contribution in [1.82, 2.24) is 10.6 Å². The lowest BCUT2D eigenvalue weighted by Gasteiger charge is -2.27. The molecule has 2 amide bonds. The summed E-state index contributed by atoms with van der Waals surface area (Å²) in [7, 11) is 0. The topological polar surface area (TPSA) is 68.8 Å². The van der Waals surface area contributed by atoms with Gasteiger partial charge in [0.1, 0.15) is 6.61 Å². The van der Waals surface area contributed by atoms with E-state index in [0.717, 1.165) is 37.6 Å². The van der Waals surface area contributed by atoms with Crippen molar-refractivity contribution in [3.8, 4) is 11.5 Å². The van der Waals surface area contributed by atoms with Crippen molar-refractivity contribution in [2.24, 2.45) is 5.92 Å². The largest absolute Gasteiger partial charge is 0.486 e. The lowest BCUT2D eigenvalue weighted by Crippen LogP contribution is -2.45. The third-order valence-corrected chi connectivity index (χ3v) is 3.95. The normalized spacial score (nSPS) is 21.2. The van der Waals surface area contributed by atoms with Gasteiger partial charge in [0.15, 0.2) is 17.6 Å². The second-order valence-electron chi connectivity index (χ2n) is 5.64. The first-order chi connectivity index (χ1) is 10.8. The molecule has 1 aromatic carbocycles. The zero-order valence-corrected chi connectivity index (χ0v) is 12.5. The van der Waals surface area contributed by atoms with Crippen LogP contribution in [0.3, 0.4) is 0 Å². The molecule has 1 fully saturated rings. The van der Waals surface area contributed by atoms with Crippen LogP contribution in [-0.2, 0) is 4.74 Å². The second-order valence-corrected chi connectivity index (χ2v) is 5.64. The van der Waals surface area contributed by atoms with Crippen molar-refractivity contribution in [1.29, 1.82) is 0 Å². The molecule has 6 nitrogen and oxygen atoms in total. The van der Waals surface area contributed by atoms with Gasteiger partial charge >= 0.3 is 6.03 Å². The van der Waals surface area contributed by atoms with E-state index in [1.165, 1.54) is 0 Å². The average molecular weight is 306 g/mol. The highest BCUT2D eigenvalue weighted by molar-refractivity contribution is 5.73.